The van der Waals surface area contributed by atoms with E-state index in [1.807, 2.05) is 19.1 Å². The second kappa shape index (κ2) is 5.32. The van der Waals surface area contributed by atoms with Gasteiger partial charge >= 0.3 is 0 Å². The van der Waals surface area contributed by atoms with Crippen LogP contribution < -0.4 is 10.6 Å². The van der Waals surface area contributed by atoms with E-state index >= 15 is 0 Å². The Kier molecular flexibility index (Phi) is 4.29. The number of carbonyl (C=O) groups is 1. The van der Waals surface area contributed by atoms with Crippen molar-refractivity contribution < 1.29 is 4.79 Å². The van der Waals surface area contributed by atoms with Gasteiger partial charge in [0.25, 0.3) is 0 Å². The summed E-state index contributed by atoms with van der Waals surface area (Å²) >= 11 is 0. The Balaban J connectivity index is 2.97. The highest BCUT2D eigenvalue weighted by atomic mass is 16.2. The Bertz CT molecular complexity index is 376. The van der Waals surface area contributed by atoms with Gasteiger partial charge in [0.15, 0.2) is 0 Å². The number of hydrogen-bond donors (Lipinski definition) is 1. The summed E-state index contributed by atoms with van der Waals surface area (Å²) in [7, 11) is 0. The van der Waals surface area contributed by atoms with Crippen LogP contribution in [-0.4, -0.2) is 19.0 Å². The zero-order valence-corrected chi connectivity index (χ0v) is 11.2. The standard InChI is InChI=1S/C14H22N2O/c1-5-16(13(17)10-15)12-8-6-11(7-9-12)14(2,3)4/h6-9H,5,10,15H2,1-4H3. The molecule has 2 N–H and O–H groups in total. The SMILES string of the molecule is CCN(C(=O)CN)c1ccc(C(C)(C)C)cc1. The Morgan fingerprint density at radius 2 is 1.76 bits per heavy atom. The Morgan fingerprint density at radius 1 is 1.24 bits per heavy atom. The molecule has 94 valence electrons. The van der Waals surface area contributed by atoms with Crippen molar-refractivity contribution in [1.29, 1.82) is 0 Å². The van der Waals surface area contributed by atoms with Crippen LogP contribution in [0.3, 0.4) is 0 Å². The van der Waals surface area contributed by atoms with Crippen LogP contribution in [0.1, 0.15) is 33.3 Å². The molecule has 1 amide bonds. The van der Waals surface area contributed by atoms with Crippen LogP contribution in [0.25, 0.3) is 0 Å². The van der Waals surface area contributed by atoms with Gasteiger partial charge in [-0.2, -0.15) is 0 Å². The third-order valence-corrected chi connectivity index (χ3v) is 2.84. The molecular weight excluding hydrogens is 212 g/mol. The first-order chi connectivity index (χ1) is 7.90. The van der Waals surface area contributed by atoms with E-state index in [1.165, 1.54) is 5.56 Å². The fourth-order valence-electron chi connectivity index (χ4n) is 1.75. The average molecular weight is 234 g/mol. The summed E-state index contributed by atoms with van der Waals surface area (Å²) in [5.41, 5.74) is 7.70. The second-order valence-corrected chi connectivity index (χ2v) is 5.14. The molecule has 0 aliphatic carbocycles. The van der Waals surface area contributed by atoms with E-state index in [4.69, 9.17) is 5.73 Å². The van der Waals surface area contributed by atoms with E-state index in [1.54, 1.807) is 4.90 Å². The van der Waals surface area contributed by atoms with Gasteiger partial charge in [-0.15, -0.1) is 0 Å². The van der Waals surface area contributed by atoms with Crippen LogP contribution in [0.15, 0.2) is 24.3 Å². The van der Waals surface area contributed by atoms with Crippen molar-refractivity contribution in [3.63, 3.8) is 0 Å². The number of amides is 1. The quantitative estimate of drug-likeness (QED) is 0.872. The summed E-state index contributed by atoms with van der Waals surface area (Å²) in [5.74, 6) is -0.0454. The minimum absolute atomic E-state index is 0.0454. The maximum absolute atomic E-state index is 11.6. The summed E-state index contributed by atoms with van der Waals surface area (Å²) in [6.45, 7) is 9.16. The molecule has 0 saturated carbocycles. The minimum atomic E-state index is -0.0454. The first-order valence-electron chi connectivity index (χ1n) is 6.01. The van der Waals surface area contributed by atoms with E-state index in [-0.39, 0.29) is 17.9 Å². The molecule has 1 aromatic carbocycles. The van der Waals surface area contributed by atoms with Crippen molar-refractivity contribution in [3.05, 3.63) is 29.8 Å². The van der Waals surface area contributed by atoms with Crippen molar-refractivity contribution >= 4 is 11.6 Å². The normalized spacial score (nSPS) is 11.4. The highest BCUT2D eigenvalue weighted by molar-refractivity contribution is 5.94. The third-order valence-electron chi connectivity index (χ3n) is 2.84. The molecule has 0 unspecified atom stereocenters. The smallest absolute Gasteiger partial charge is 0.240 e. The van der Waals surface area contributed by atoms with Gasteiger partial charge in [-0.3, -0.25) is 4.79 Å². The average Bonchev–Trinajstić information content (AvgIpc) is 2.29. The zero-order chi connectivity index (χ0) is 13.1. The predicted octanol–water partition coefficient (Wildman–Crippen LogP) is 2.30. The van der Waals surface area contributed by atoms with E-state index in [2.05, 4.69) is 32.9 Å². The number of hydrogen-bond acceptors (Lipinski definition) is 2. The highest BCUT2D eigenvalue weighted by Gasteiger charge is 2.15. The number of rotatable bonds is 3. The lowest BCUT2D eigenvalue weighted by Crippen LogP contribution is -2.35. The van der Waals surface area contributed by atoms with E-state index in [0.29, 0.717) is 6.54 Å². The number of benzene rings is 1. The predicted molar refractivity (Wildman–Crippen MR) is 72.2 cm³/mol. The molecule has 3 heteroatoms. The van der Waals surface area contributed by atoms with Crippen LogP contribution in [0.4, 0.5) is 5.69 Å². The van der Waals surface area contributed by atoms with Crippen molar-refractivity contribution in [2.75, 3.05) is 18.0 Å². The number of likely N-dealkylation sites (N-methyl/N-ethyl adjacent to an activating group) is 1. The van der Waals surface area contributed by atoms with Crippen molar-refractivity contribution in [3.8, 4) is 0 Å². The molecule has 0 bridgehead atoms. The van der Waals surface area contributed by atoms with E-state index < -0.39 is 0 Å². The Hall–Kier alpha value is -1.35. The molecule has 0 radical (unpaired) electrons. The zero-order valence-electron chi connectivity index (χ0n) is 11.2. The summed E-state index contributed by atoms with van der Waals surface area (Å²) in [6.07, 6.45) is 0. The van der Waals surface area contributed by atoms with Gasteiger partial charge in [-0.1, -0.05) is 32.9 Å². The van der Waals surface area contributed by atoms with Gasteiger partial charge in [0.05, 0.1) is 6.54 Å². The molecule has 0 heterocycles. The topological polar surface area (TPSA) is 46.3 Å². The van der Waals surface area contributed by atoms with Crippen molar-refractivity contribution in [2.45, 2.75) is 33.1 Å². The third kappa shape index (κ3) is 3.30. The van der Waals surface area contributed by atoms with Crippen LogP contribution in [-0.2, 0) is 10.2 Å². The molecule has 17 heavy (non-hydrogen) atoms. The van der Waals surface area contributed by atoms with Crippen LogP contribution in [0.2, 0.25) is 0 Å². The first kappa shape index (κ1) is 13.7. The summed E-state index contributed by atoms with van der Waals surface area (Å²) in [4.78, 5) is 13.3. The number of nitrogens with zero attached hydrogens (tertiary/aromatic N) is 1. The summed E-state index contributed by atoms with van der Waals surface area (Å²) in [6, 6.07) is 8.11. The van der Waals surface area contributed by atoms with Gasteiger partial charge in [0, 0.05) is 12.2 Å². The molecule has 1 rings (SSSR count). The fraction of sp³-hybridized carbons (Fsp3) is 0.500. The second-order valence-electron chi connectivity index (χ2n) is 5.14. The van der Waals surface area contributed by atoms with Gasteiger partial charge in [-0.05, 0) is 30.0 Å². The van der Waals surface area contributed by atoms with Crippen molar-refractivity contribution in [1.82, 2.24) is 0 Å². The molecule has 0 fully saturated rings. The number of carbonyl (C=O) groups excluding carboxylic acids is 1. The molecule has 0 saturated heterocycles. The highest BCUT2D eigenvalue weighted by Crippen LogP contribution is 2.24. The first-order valence-corrected chi connectivity index (χ1v) is 6.01. The molecule has 1 aromatic rings. The van der Waals surface area contributed by atoms with Crippen molar-refractivity contribution in [2.24, 2.45) is 5.73 Å². The molecule has 0 aliphatic heterocycles. The maximum Gasteiger partial charge on any atom is 0.240 e. The fourth-order valence-corrected chi connectivity index (χ4v) is 1.75. The molecule has 0 spiro atoms. The van der Waals surface area contributed by atoms with Crippen LogP contribution in [0.5, 0.6) is 0 Å². The molecule has 0 aliphatic rings. The summed E-state index contributed by atoms with van der Waals surface area (Å²) in [5, 5.41) is 0. The Morgan fingerprint density at radius 3 is 2.12 bits per heavy atom. The van der Waals surface area contributed by atoms with E-state index in [9.17, 15) is 4.79 Å². The molecular formula is C14H22N2O. The lowest BCUT2D eigenvalue weighted by atomic mass is 9.87. The molecule has 3 nitrogen and oxygen atoms in total. The van der Waals surface area contributed by atoms with Crippen LogP contribution in [0, 0.1) is 0 Å². The van der Waals surface area contributed by atoms with Gasteiger partial charge < -0.3 is 10.6 Å². The maximum atomic E-state index is 11.6. The van der Waals surface area contributed by atoms with Gasteiger partial charge in [0.1, 0.15) is 0 Å². The lowest BCUT2D eigenvalue weighted by Gasteiger charge is -2.23. The number of anilines is 1. The summed E-state index contributed by atoms with van der Waals surface area (Å²) < 4.78 is 0. The Labute approximate surface area is 104 Å². The minimum Gasteiger partial charge on any atom is -0.322 e. The number of nitrogens with two attached hydrogens (primary N) is 1. The molecule has 0 aromatic heterocycles. The molecule has 0 atom stereocenters. The lowest BCUT2D eigenvalue weighted by molar-refractivity contribution is -0.117. The van der Waals surface area contributed by atoms with Gasteiger partial charge in [0.2, 0.25) is 5.91 Å². The largest absolute Gasteiger partial charge is 0.322 e. The van der Waals surface area contributed by atoms with E-state index in [0.717, 1.165) is 5.69 Å². The van der Waals surface area contributed by atoms with Gasteiger partial charge in [-0.25, -0.2) is 0 Å². The monoisotopic (exact) mass is 234 g/mol. The van der Waals surface area contributed by atoms with Crippen LogP contribution >= 0.6 is 0 Å².